The quantitative estimate of drug-likeness (QED) is 0.608. The number of nitrogens with zero attached hydrogens (tertiary/aromatic N) is 5. The second-order valence-electron chi connectivity index (χ2n) is 7.32. The van der Waals surface area contributed by atoms with Gasteiger partial charge in [0, 0.05) is 62.7 Å². The lowest BCUT2D eigenvalue weighted by Crippen LogP contribution is -2.34. The highest BCUT2D eigenvalue weighted by Gasteiger charge is 2.25. The molecule has 0 saturated carbocycles. The van der Waals surface area contributed by atoms with Crippen LogP contribution in [-0.2, 0) is 31.9 Å². The molecule has 9 heteroatoms. The van der Waals surface area contributed by atoms with Gasteiger partial charge in [0.25, 0.3) is 0 Å². The van der Waals surface area contributed by atoms with Crippen LogP contribution in [0.3, 0.4) is 0 Å². The number of hydrogen-bond donors (Lipinski definition) is 1. The number of nitrogens with one attached hydrogen (secondary N) is 1. The first-order valence-corrected chi connectivity index (χ1v) is 11.1. The molecule has 166 valence electrons. The molecule has 2 atom stereocenters. The van der Waals surface area contributed by atoms with Gasteiger partial charge >= 0.3 is 0 Å². The van der Waals surface area contributed by atoms with Crippen molar-refractivity contribution in [3.05, 3.63) is 47.4 Å². The first-order chi connectivity index (χ1) is 14.8. The highest BCUT2D eigenvalue weighted by molar-refractivity contribution is 7.16. The van der Waals surface area contributed by atoms with E-state index in [0.29, 0.717) is 24.5 Å². The van der Waals surface area contributed by atoms with E-state index in [2.05, 4.69) is 24.8 Å². The maximum atomic E-state index is 14.4. The number of aryl methyl sites for hydroxylation is 2. The van der Waals surface area contributed by atoms with Crippen molar-refractivity contribution >= 4 is 26.7 Å². The lowest BCUT2D eigenvalue weighted by atomic mass is 10.0. The van der Waals surface area contributed by atoms with Gasteiger partial charge in [0.2, 0.25) is 5.91 Å². The summed E-state index contributed by atoms with van der Waals surface area (Å²) in [5.41, 5.74) is 5.10. The number of benzene rings is 1. The molecule has 4 rings (SSSR count). The third kappa shape index (κ3) is 4.79. The number of aromatic nitrogens is 4. The predicted octanol–water partition coefficient (Wildman–Crippen LogP) is 4.34. The molecule has 1 aliphatic heterocycles. The number of alkyl halides is 1. The van der Waals surface area contributed by atoms with E-state index in [1.54, 1.807) is 23.9 Å². The van der Waals surface area contributed by atoms with Gasteiger partial charge in [0.05, 0.1) is 12.7 Å². The molecule has 2 aromatic heterocycles. The van der Waals surface area contributed by atoms with Crippen LogP contribution < -0.4 is 5.32 Å². The van der Waals surface area contributed by atoms with E-state index in [9.17, 15) is 9.18 Å². The topological polar surface area (TPSA) is 68.0 Å². The monoisotopic (exact) mass is 444 g/mol. The molecular formula is C22H30FN6OP. The van der Waals surface area contributed by atoms with Gasteiger partial charge < -0.3 is 10.2 Å². The summed E-state index contributed by atoms with van der Waals surface area (Å²) >= 11 is 0. The number of anilines is 2. The molecule has 0 radical (unpaired) electrons. The summed E-state index contributed by atoms with van der Waals surface area (Å²) in [5, 5.41) is 12.1. The molecule has 3 heterocycles. The Morgan fingerprint density at radius 2 is 2.03 bits per heavy atom. The van der Waals surface area contributed by atoms with Crippen LogP contribution >= 0.6 is 9.24 Å². The molecule has 1 amide bonds. The fourth-order valence-corrected chi connectivity index (χ4v) is 4.07. The Morgan fingerprint density at radius 3 is 2.65 bits per heavy atom. The fraction of sp³-hybridized carbons (Fsp3) is 0.409. The summed E-state index contributed by atoms with van der Waals surface area (Å²) in [4.78, 5) is 13.6. The van der Waals surface area contributed by atoms with E-state index >= 15 is 0 Å². The van der Waals surface area contributed by atoms with Crippen molar-refractivity contribution in [3.63, 3.8) is 0 Å². The Labute approximate surface area is 184 Å². The van der Waals surface area contributed by atoms with Crippen LogP contribution in [0.1, 0.15) is 43.5 Å². The van der Waals surface area contributed by atoms with E-state index in [0.717, 1.165) is 34.5 Å². The lowest BCUT2D eigenvalue weighted by molar-refractivity contribution is -0.129. The van der Waals surface area contributed by atoms with E-state index in [4.69, 9.17) is 0 Å². The Bertz CT molecular complexity index is 1070. The number of hydrogen-bond acceptors (Lipinski definition) is 4. The maximum absolute atomic E-state index is 14.4. The first kappa shape index (κ1) is 22.9. The van der Waals surface area contributed by atoms with Gasteiger partial charge in [0.1, 0.15) is 5.91 Å². The van der Waals surface area contributed by atoms with Crippen molar-refractivity contribution in [1.29, 1.82) is 0 Å². The van der Waals surface area contributed by atoms with Gasteiger partial charge in [-0.3, -0.25) is 14.2 Å². The van der Waals surface area contributed by atoms with Crippen LogP contribution in [0.2, 0.25) is 0 Å². The van der Waals surface area contributed by atoms with Crippen molar-refractivity contribution in [1.82, 2.24) is 24.5 Å². The molecule has 1 N–H and O–H groups in total. The Hall–Kier alpha value is -2.73. The van der Waals surface area contributed by atoms with Crippen molar-refractivity contribution in [3.8, 4) is 11.1 Å². The third-order valence-electron chi connectivity index (χ3n) is 5.31. The average molecular weight is 444 g/mol. The SMILES string of the molecule is CC.CC(=O)N1CCc2c(c(Nc3ccc(-c4cnn(C)c4)c(C(F)P)c3)nn2C)C1. The van der Waals surface area contributed by atoms with Crippen LogP contribution in [0.5, 0.6) is 0 Å². The summed E-state index contributed by atoms with van der Waals surface area (Å²) in [6, 6.07) is 5.60. The van der Waals surface area contributed by atoms with Gasteiger partial charge in [-0.2, -0.15) is 10.2 Å². The van der Waals surface area contributed by atoms with Crippen LogP contribution in [-0.4, -0.2) is 36.9 Å². The molecule has 0 fully saturated rings. The molecule has 0 spiro atoms. The predicted molar refractivity (Wildman–Crippen MR) is 125 cm³/mol. The number of carbonyl (C=O) groups excluding carboxylic acids is 1. The Balaban J connectivity index is 0.00000132. The molecule has 2 unspecified atom stereocenters. The van der Waals surface area contributed by atoms with E-state index in [-0.39, 0.29) is 5.91 Å². The highest BCUT2D eigenvalue weighted by atomic mass is 31.0. The number of halogens is 1. The second kappa shape index (κ2) is 9.60. The Kier molecular flexibility index (Phi) is 7.11. The standard InChI is InChI=1S/C20H24FN6OP.C2H6/c1-12(28)27-7-6-18-17(11-27)20(24-26(18)3)23-14-4-5-15(16(8-14)19(21)29)13-9-22-25(2)10-13;1-2/h4-5,8-10,19H,6-7,11,29H2,1-3H3,(H,23,24);1-2H3. The summed E-state index contributed by atoms with van der Waals surface area (Å²) in [6.45, 7) is 6.80. The minimum Gasteiger partial charge on any atom is -0.338 e. The Morgan fingerprint density at radius 1 is 1.29 bits per heavy atom. The van der Waals surface area contributed by atoms with E-state index < -0.39 is 5.91 Å². The van der Waals surface area contributed by atoms with Crippen LogP contribution in [0.25, 0.3) is 11.1 Å². The molecule has 0 aliphatic carbocycles. The number of amides is 1. The normalized spacial score (nSPS) is 13.8. The lowest BCUT2D eigenvalue weighted by Gasteiger charge is -2.26. The van der Waals surface area contributed by atoms with Gasteiger partial charge in [-0.1, -0.05) is 29.2 Å². The van der Waals surface area contributed by atoms with Crippen molar-refractivity contribution in [2.75, 3.05) is 11.9 Å². The molecule has 0 bridgehead atoms. The van der Waals surface area contributed by atoms with Crippen LogP contribution in [0.4, 0.5) is 15.9 Å². The van der Waals surface area contributed by atoms with Gasteiger partial charge in [0.15, 0.2) is 5.82 Å². The summed E-state index contributed by atoms with van der Waals surface area (Å²) in [6.07, 6.45) is 4.36. The second-order valence-corrected chi connectivity index (χ2v) is 7.90. The summed E-state index contributed by atoms with van der Waals surface area (Å²) < 4.78 is 17.9. The van der Waals surface area contributed by atoms with Gasteiger partial charge in [-0.15, -0.1) is 0 Å². The molecule has 3 aromatic rings. The number of fused-ring (bicyclic) bond motifs is 1. The maximum Gasteiger partial charge on any atom is 0.219 e. The van der Waals surface area contributed by atoms with E-state index in [1.807, 2.05) is 55.9 Å². The van der Waals surface area contributed by atoms with Crippen molar-refractivity contribution < 1.29 is 9.18 Å². The molecule has 1 aliphatic rings. The first-order valence-electron chi connectivity index (χ1n) is 10.4. The van der Waals surface area contributed by atoms with Crippen LogP contribution in [0, 0.1) is 0 Å². The molecule has 7 nitrogen and oxygen atoms in total. The zero-order chi connectivity index (χ0) is 22.7. The minimum atomic E-state index is -1.21. The number of carbonyl (C=O) groups is 1. The molecule has 1 aromatic carbocycles. The van der Waals surface area contributed by atoms with Crippen molar-refractivity contribution in [2.45, 2.75) is 39.6 Å². The summed E-state index contributed by atoms with van der Waals surface area (Å²) in [5.74, 6) is -0.456. The smallest absolute Gasteiger partial charge is 0.219 e. The van der Waals surface area contributed by atoms with Gasteiger partial charge in [-0.05, 0) is 23.3 Å². The molecular weight excluding hydrogens is 414 g/mol. The highest BCUT2D eigenvalue weighted by Crippen LogP contribution is 2.37. The average Bonchev–Trinajstić information content (AvgIpc) is 3.32. The summed E-state index contributed by atoms with van der Waals surface area (Å²) in [7, 11) is 5.95. The zero-order valence-electron chi connectivity index (χ0n) is 18.7. The van der Waals surface area contributed by atoms with E-state index in [1.165, 1.54) is 0 Å². The molecule has 31 heavy (non-hydrogen) atoms. The minimum absolute atomic E-state index is 0.0526. The van der Waals surface area contributed by atoms with Gasteiger partial charge in [-0.25, -0.2) is 4.39 Å². The molecule has 0 saturated heterocycles. The van der Waals surface area contributed by atoms with Crippen molar-refractivity contribution in [2.24, 2.45) is 14.1 Å². The number of rotatable bonds is 4. The zero-order valence-corrected chi connectivity index (χ0v) is 19.8. The van der Waals surface area contributed by atoms with Crippen LogP contribution in [0.15, 0.2) is 30.6 Å². The largest absolute Gasteiger partial charge is 0.338 e. The fourth-order valence-electron chi connectivity index (χ4n) is 3.79. The third-order valence-corrected chi connectivity index (χ3v) is 5.67.